The Morgan fingerprint density at radius 2 is 1.54 bits per heavy atom. The van der Waals surface area contributed by atoms with Crippen molar-refractivity contribution in [2.24, 2.45) is 0 Å². The molecule has 0 amide bonds. The lowest BCUT2D eigenvalue weighted by molar-refractivity contribution is -0.138. The third kappa shape index (κ3) is 4.31. The van der Waals surface area contributed by atoms with E-state index in [2.05, 4.69) is 13.8 Å². The summed E-state index contributed by atoms with van der Waals surface area (Å²) in [6, 6.07) is 23.0. The van der Waals surface area contributed by atoms with Crippen LogP contribution in [-0.4, -0.2) is 11.1 Å². The van der Waals surface area contributed by atoms with Gasteiger partial charge in [0.25, 0.3) is 0 Å². The second-order valence-electron chi connectivity index (χ2n) is 6.50. The van der Waals surface area contributed by atoms with Crippen molar-refractivity contribution >= 4 is 5.97 Å². The highest BCUT2D eigenvalue weighted by Gasteiger charge is 2.20. The fourth-order valence-electron chi connectivity index (χ4n) is 2.88. The maximum atomic E-state index is 11.6. The lowest BCUT2D eigenvalue weighted by Gasteiger charge is -2.13. The Hall–Kier alpha value is -3.07. The van der Waals surface area contributed by atoms with Crippen molar-refractivity contribution < 1.29 is 14.6 Å². The van der Waals surface area contributed by atoms with Crippen molar-refractivity contribution in [3.63, 3.8) is 0 Å². The lowest BCUT2D eigenvalue weighted by atomic mass is 9.92. The molecule has 0 heterocycles. The molecule has 3 rings (SSSR count). The van der Waals surface area contributed by atoms with Crippen molar-refractivity contribution in [2.45, 2.75) is 26.2 Å². The van der Waals surface area contributed by atoms with Crippen LogP contribution in [0.3, 0.4) is 0 Å². The van der Waals surface area contributed by atoms with Gasteiger partial charge in [-0.25, -0.2) is 0 Å². The molecule has 3 heteroatoms. The first-order valence-electron chi connectivity index (χ1n) is 8.65. The largest absolute Gasteiger partial charge is 0.481 e. The number of carboxylic acid groups (broad SMARTS) is 1. The molecule has 0 spiro atoms. The first-order valence-corrected chi connectivity index (χ1v) is 8.65. The molecule has 1 atom stereocenters. The predicted molar refractivity (Wildman–Crippen MR) is 103 cm³/mol. The molecule has 0 saturated carbocycles. The summed E-state index contributed by atoms with van der Waals surface area (Å²) >= 11 is 0. The number of ether oxygens (including phenoxy) is 1. The van der Waals surface area contributed by atoms with Gasteiger partial charge in [0.05, 0.1) is 5.92 Å². The Morgan fingerprint density at radius 1 is 0.885 bits per heavy atom. The summed E-state index contributed by atoms with van der Waals surface area (Å²) in [5.74, 6) is 0.173. The van der Waals surface area contributed by atoms with Crippen LogP contribution in [0.2, 0.25) is 0 Å². The molecule has 3 nitrogen and oxygen atoms in total. The van der Waals surface area contributed by atoms with Crippen LogP contribution in [0.4, 0.5) is 0 Å². The quantitative estimate of drug-likeness (QED) is 0.640. The van der Waals surface area contributed by atoms with Crippen LogP contribution in [0.15, 0.2) is 72.8 Å². The van der Waals surface area contributed by atoms with E-state index < -0.39 is 11.9 Å². The summed E-state index contributed by atoms with van der Waals surface area (Å²) in [7, 11) is 0. The van der Waals surface area contributed by atoms with E-state index >= 15 is 0 Å². The average molecular weight is 346 g/mol. The van der Waals surface area contributed by atoms with Crippen LogP contribution in [0.1, 0.15) is 28.2 Å². The van der Waals surface area contributed by atoms with Crippen molar-refractivity contribution in [1.29, 1.82) is 0 Å². The van der Waals surface area contributed by atoms with Gasteiger partial charge in [0.1, 0.15) is 11.5 Å². The molecule has 0 saturated heterocycles. The number of hydrogen-bond donors (Lipinski definition) is 1. The SMILES string of the molecule is Cc1ccc(Oc2ccc(CC(C(=O)O)c3ccccc3)cc2)cc1C. The Bertz CT molecular complexity index is 883. The zero-order chi connectivity index (χ0) is 18.5. The molecule has 0 aromatic heterocycles. The van der Waals surface area contributed by atoms with E-state index in [9.17, 15) is 9.90 Å². The third-order valence-electron chi connectivity index (χ3n) is 4.58. The molecule has 3 aromatic rings. The van der Waals surface area contributed by atoms with Gasteiger partial charge in [-0.3, -0.25) is 4.79 Å². The third-order valence-corrected chi connectivity index (χ3v) is 4.58. The molecule has 132 valence electrons. The number of benzene rings is 3. The smallest absolute Gasteiger partial charge is 0.311 e. The Labute approximate surface area is 153 Å². The van der Waals surface area contributed by atoms with E-state index in [-0.39, 0.29) is 0 Å². The second-order valence-corrected chi connectivity index (χ2v) is 6.50. The fraction of sp³-hybridized carbons (Fsp3) is 0.174. The first-order chi connectivity index (χ1) is 12.5. The summed E-state index contributed by atoms with van der Waals surface area (Å²) < 4.78 is 5.89. The number of aliphatic carboxylic acids is 1. The zero-order valence-corrected chi connectivity index (χ0v) is 15.0. The minimum atomic E-state index is -0.813. The van der Waals surface area contributed by atoms with Gasteiger partial charge >= 0.3 is 5.97 Å². The maximum Gasteiger partial charge on any atom is 0.311 e. The molecule has 0 aliphatic heterocycles. The fourth-order valence-corrected chi connectivity index (χ4v) is 2.88. The topological polar surface area (TPSA) is 46.5 Å². The monoisotopic (exact) mass is 346 g/mol. The molecule has 3 aromatic carbocycles. The number of aryl methyl sites for hydroxylation is 2. The van der Waals surface area contributed by atoms with Crippen molar-refractivity contribution in [3.8, 4) is 11.5 Å². The van der Waals surface area contributed by atoms with Crippen molar-refractivity contribution in [3.05, 3.63) is 95.1 Å². The summed E-state index contributed by atoms with van der Waals surface area (Å²) in [5, 5.41) is 9.56. The minimum Gasteiger partial charge on any atom is -0.481 e. The number of rotatable bonds is 6. The molecular formula is C23H22O3. The highest BCUT2D eigenvalue weighted by molar-refractivity contribution is 5.76. The Morgan fingerprint density at radius 3 is 2.15 bits per heavy atom. The molecule has 0 aliphatic rings. The van der Waals surface area contributed by atoms with Gasteiger partial charge in [-0.15, -0.1) is 0 Å². The van der Waals surface area contributed by atoms with Gasteiger partial charge in [-0.05, 0) is 66.8 Å². The average Bonchev–Trinajstić information content (AvgIpc) is 2.64. The summed E-state index contributed by atoms with van der Waals surface area (Å²) in [4.78, 5) is 11.6. The van der Waals surface area contributed by atoms with Crippen LogP contribution in [0.25, 0.3) is 0 Å². The van der Waals surface area contributed by atoms with Crippen molar-refractivity contribution in [2.75, 3.05) is 0 Å². The van der Waals surface area contributed by atoms with E-state index in [0.29, 0.717) is 6.42 Å². The molecular weight excluding hydrogens is 324 g/mol. The number of carbonyl (C=O) groups is 1. The van der Waals surface area contributed by atoms with Crippen LogP contribution in [0.5, 0.6) is 11.5 Å². The normalized spacial score (nSPS) is 11.8. The van der Waals surface area contributed by atoms with Gasteiger partial charge in [0, 0.05) is 0 Å². The van der Waals surface area contributed by atoms with Gasteiger partial charge < -0.3 is 9.84 Å². The molecule has 0 fully saturated rings. The molecule has 0 radical (unpaired) electrons. The van der Waals surface area contributed by atoms with E-state index in [4.69, 9.17) is 4.74 Å². The Balaban J connectivity index is 1.72. The molecule has 1 unspecified atom stereocenters. The highest BCUT2D eigenvalue weighted by Crippen LogP contribution is 2.26. The highest BCUT2D eigenvalue weighted by atomic mass is 16.5. The summed E-state index contributed by atoms with van der Waals surface area (Å²) in [6.07, 6.45) is 0.448. The lowest BCUT2D eigenvalue weighted by Crippen LogP contribution is -2.14. The Kier molecular flexibility index (Phi) is 5.37. The number of hydrogen-bond acceptors (Lipinski definition) is 2. The van der Waals surface area contributed by atoms with Crippen molar-refractivity contribution in [1.82, 2.24) is 0 Å². The summed E-state index contributed by atoms with van der Waals surface area (Å²) in [5.41, 5.74) is 4.20. The molecule has 26 heavy (non-hydrogen) atoms. The van der Waals surface area contributed by atoms with Crippen LogP contribution in [0, 0.1) is 13.8 Å². The van der Waals surface area contributed by atoms with Crippen LogP contribution in [-0.2, 0) is 11.2 Å². The zero-order valence-electron chi connectivity index (χ0n) is 15.0. The predicted octanol–water partition coefficient (Wildman–Crippen LogP) is 5.51. The summed E-state index contributed by atoms with van der Waals surface area (Å²) in [6.45, 7) is 4.13. The maximum absolute atomic E-state index is 11.6. The molecule has 1 N–H and O–H groups in total. The second kappa shape index (κ2) is 7.87. The molecule has 0 aliphatic carbocycles. The van der Waals surface area contributed by atoms with Gasteiger partial charge in [0.15, 0.2) is 0 Å². The van der Waals surface area contributed by atoms with E-state index in [1.54, 1.807) is 0 Å². The minimum absolute atomic E-state index is 0.448. The standard InChI is InChI=1S/C23H22O3/c1-16-8-11-21(14-17(16)2)26-20-12-9-18(10-13-20)15-22(23(24)25)19-6-4-3-5-7-19/h3-14,22H,15H2,1-2H3,(H,24,25). The first kappa shape index (κ1) is 17.7. The van der Waals surface area contributed by atoms with E-state index in [0.717, 1.165) is 22.6 Å². The number of carboxylic acids is 1. The van der Waals surface area contributed by atoms with Gasteiger partial charge in [-0.1, -0.05) is 48.5 Å². The van der Waals surface area contributed by atoms with Crippen LogP contribution >= 0.6 is 0 Å². The van der Waals surface area contributed by atoms with Crippen LogP contribution < -0.4 is 4.74 Å². The molecule has 0 bridgehead atoms. The van der Waals surface area contributed by atoms with E-state index in [1.165, 1.54) is 11.1 Å². The van der Waals surface area contributed by atoms with Gasteiger partial charge in [-0.2, -0.15) is 0 Å². The van der Waals surface area contributed by atoms with E-state index in [1.807, 2.05) is 72.8 Å². The van der Waals surface area contributed by atoms with Gasteiger partial charge in [0.2, 0.25) is 0 Å².